The molecule has 3 N–H and O–H groups in total. The summed E-state index contributed by atoms with van der Waals surface area (Å²) in [4.78, 5) is 12.2. The van der Waals surface area contributed by atoms with Crippen LogP contribution in [0.5, 0.6) is 5.88 Å². The van der Waals surface area contributed by atoms with Crippen molar-refractivity contribution in [3.05, 3.63) is 18.0 Å². The van der Waals surface area contributed by atoms with Gasteiger partial charge in [0.25, 0.3) is 0 Å². The molecule has 0 saturated heterocycles. The van der Waals surface area contributed by atoms with Crippen molar-refractivity contribution in [3.8, 4) is 5.88 Å². The first-order valence-corrected chi connectivity index (χ1v) is 6.47. The third-order valence-electron chi connectivity index (χ3n) is 2.49. The summed E-state index contributed by atoms with van der Waals surface area (Å²) in [6, 6.07) is 0. The van der Waals surface area contributed by atoms with Crippen LogP contribution in [0.1, 0.15) is 25.1 Å². The quantitative estimate of drug-likeness (QED) is 0.776. The lowest BCUT2D eigenvalue weighted by atomic mass is 10.4. The van der Waals surface area contributed by atoms with Gasteiger partial charge >= 0.3 is 0 Å². The third-order valence-corrected chi connectivity index (χ3v) is 2.49. The van der Waals surface area contributed by atoms with Crippen LogP contribution in [-0.2, 0) is 6.42 Å². The van der Waals surface area contributed by atoms with Crippen LogP contribution >= 0.6 is 0 Å². The Kier molecular flexibility index (Phi) is 4.70. The topological polar surface area (TPSA) is 112 Å². The van der Waals surface area contributed by atoms with Crippen molar-refractivity contribution in [1.82, 2.24) is 20.1 Å². The van der Waals surface area contributed by atoms with Gasteiger partial charge in [-0.1, -0.05) is 12.1 Å². The van der Waals surface area contributed by atoms with Crippen molar-refractivity contribution >= 4 is 11.5 Å². The Hall–Kier alpha value is -2.38. The fourth-order valence-corrected chi connectivity index (χ4v) is 1.56. The molecule has 8 nitrogen and oxygen atoms in total. The molecule has 0 fully saturated rings. The summed E-state index contributed by atoms with van der Waals surface area (Å²) in [5.74, 6) is 2.14. The number of hydrogen-bond donors (Lipinski definition) is 2. The molecule has 2 aromatic heterocycles. The zero-order chi connectivity index (χ0) is 14.4. The van der Waals surface area contributed by atoms with Crippen molar-refractivity contribution in [1.29, 1.82) is 0 Å². The second-order valence-corrected chi connectivity index (χ2v) is 4.20. The molecule has 2 heterocycles. The highest BCUT2D eigenvalue weighted by Crippen LogP contribution is 2.24. The Bertz CT molecular complexity index is 557. The normalized spacial score (nSPS) is 10.5. The minimum atomic E-state index is 0.401. The van der Waals surface area contributed by atoms with Gasteiger partial charge in [0.2, 0.25) is 11.8 Å². The van der Waals surface area contributed by atoms with Crippen LogP contribution in [0.3, 0.4) is 0 Å². The predicted octanol–water partition coefficient (Wildman–Crippen LogP) is 1.19. The van der Waals surface area contributed by atoms with E-state index in [4.69, 9.17) is 15.0 Å². The summed E-state index contributed by atoms with van der Waals surface area (Å²) in [5.41, 5.74) is 6.35. The van der Waals surface area contributed by atoms with Gasteiger partial charge in [-0.2, -0.15) is 9.97 Å². The fraction of sp³-hybridized carbons (Fsp3) is 0.500. The first-order valence-electron chi connectivity index (χ1n) is 6.47. The highest BCUT2D eigenvalue weighted by Gasteiger charge is 2.09. The van der Waals surface area contributed by atoms with Gasteiger partial charge in [-0.05, 0) is 13.3 Å². The van der Waals surface area contributed by atoms with Crippen LogP contribution in [0, 0.1) is 6.92 Å². The second kappa shape index (κ2) is 6.69. The van der Waals surface area contributed by atoms with Crippen LogP contribution in [0.2, 0.25) is 0 Å². The summed E-state index contributed by atoms with van der Waals surface area (Å²) in [7, 11) is 0. The van der Waals surface area contributed by atoms with E-state index in [0.717, 1.165) is 6.42 Å². The van der Waals surface area contributed by atoms with E-state index in [0.29, 0.717) is 48.7 Å². The van der Waals surface area contributed by atoms with Crippen LogP contribution in [0.4, 0.5) is 11.5 Å². The van der Waals surface area contributed by atoms with Gasteiger partial charge in [0.1, 0.15) is 12.0 Å². The molecule has 108 valence electrons. The standard InChI is InChI=1S/C12H18N6O2/c1-3-6-19-12-10(13)11(15-7-16-12)14-5-4-9-17-8(2)18-20-9/h7H,3-6,13H2,1-2H3,(H,14,15,16). The Balaban J connectivity index is 1.92. The molecule has 0 unspecified atom stereocenters. The lowest BCUT2D eigenvalue weighted by molar-refractivity contribution is 0.306. The van der Waals surface area contributed by atoms with E-state index in [9.17, 15) is 0 Å². The molecule has 20 heavy (non-hydrogen) atoms. The van der Waals surface area contributed by atoms with Crippen molar-refractivity contribution in [2.24, 2.45) is 0 Å². The first-order chi connectivity index (χ1) is 9.70. The number of nitrogens with one attached hydrogen (secondary N) is 1. The SMILES string of the molecule is CCCOc1ncnc(NCCc2nc(C)no2)c1N. The highest BCUT2D eigenvalue weighted by atomic mass is 16.5. The number of hydrogen-bond acceptors (Lipinski definition) is 8. The molecule has 2 aromatic rings. The number of nitrogens with zero attached hydrogens (tertiary/aromatic N) is 4. The van der Waals surface area contributed by atoms with Gasteiger partial charge in [-0.3, -0.25) is 0 Å². The largest absolute Gasteiger partial charge is 0.476 e. The second-order valence-electron chi connectivity index (χ2n) is 4.20. The van der Waals surface area contributed by atoms with Crippen LogP contribution in [0.15, 0.2) is 10.9 Å². The molecular formula is C12H18N6O2. The molecular weight excluding hydrogens is 260 g/mol. The number of nitrogens with two attached hydrogens (primary N) is 1. The molecule has 8 heteroatoms. The minimum absolute atomic E-state index is 0.401. The van der Waals surface area contributed by atoms with E-state index in [1.807, 2.05) is 6.92 Å². The molecule has 0 aliphatic carbocycles. The summed E-state index contributed by atoms with van der Waals surface area (Å²) < 4.78 is 10.5. The Labute approximate surface area is 116 Å². The van der Waals surface area contributed by atoms with Gasteiger partial charge in [0.05, 0.1) is 6.61 Å². The number of aromatic nitrogens is 4. The van der Waals surface area contributed by atoms with Gasteiger partial charge in [-0.25, -0.2) is 4.98 Å². The average Bonchev–Trinajstić information content (AvgIpc) is 2.85. The Morgan fingerprint density at radius 1 is 1.40 bits per heavy atom. The van der Waals surface area contributed by atoms with Crippen molar-refractivity contribution in [2.45, 2.75) is 26.7 Å². The summed E-state index contributed by atoms with van der Waals surface area (Å²) >= 11 is 0. The Morgan fingerprint density at radius 2 is 2.25 bits per heavy atom. The lowest BCUT2D eigenvalue weighted by Crippen LogP contribution is -2.11. The molecule has 0 amide bonds. The number of ether oxygens (including phenoxy) is 1. The van der Waals surface area contributed by atoms with Gasteiger partial charge in [-0.15, -0.1) is 0 Å². The average molecular weight is 278 g/mol. The van der Waals surface area contributed by atoms with E-state index in [1.165, 1.54) is 6.33 Å². The van der Waals surface area contributed by atoms with Gasteiger partial charge in [0.15, 0.2) is 11.6 Å². The van der Waals surface area contributed by atoms with Crippen molar-refractivity contribution < 1.29 is 9.26 Å². The molecule has 0 saturated carbocycles. The number of anilines is 2. The smallest absolute Gasteiger partial charge is 0.242 e. The maximum atomic E-state index is 5.94. The van der Waals surface area contributed by atoms with Crippen LogP contribution < -0.4 is 15.8 Å². The summed E-state index contributed by atoms with van der Waals surface area (Å²) in [6.07, 6.45) is 2.90. The first kappa shape index (κ1) is 14.0. The molecule has 0 bridgehead atoms. The third kappa shape index (κ3) is 3.56. The van der Waals surface area contributed by atoms with E-state index >= 15 is 0 Å². The molecule has 0 aromatic carbocycles. The maximum absolute atomic E-state index is 5.94. The zero-order valence-electron chi connectivity index (χ0n) is 11.6. The van der Waals surface area contributed by atoms with Gasteiger partial charge in [0, 0.05) is 13.0 Å². The molecule has 0 aliphatic heterocycles. The number of aryl methyl sites for hydroxylation is 1. The lowest BCUT2D eigenvalue weighted by Gasteiger charge is -2.10. The maximum Gasteiger partial charge on any atom is 0.242 e. The van der Waals surface area contributed by atoms with E-state index < -0.39 is 0 Å². The van der Waals surface area contributed by atoms with Crippen molar-refractivity contribution in [3.63, 3.8) is 0 Å². The molecule has 0 atom stereocenters. The van der Waals surface area contributed by atoms with Crippen LogP contribution in [0.25, 0.3) is 0 Å². The van der Waals surface area contributed by atoms with E-state index in [2.05, 4.69) is 25.4 Å². The number of nitrogen functional groups attached to an aromatic ring is 1. The van der Waals surface area contributed by atoms with Crippen LogP contribution in [-0.4, -0.2) is 33.3 Å². The van der Waals surface area contributed by atoms with E-state index in [-0.39, 0.29) is 0 Å². The predicted molar refractivity (Wildman–Crippen MR) is 73.5 cm³/mol. The van der Waals surface area contributed by atoms with Crippen molar-refractivity contribution in [2.75, 3.05) is 24.2 Å². The molecule has 0 aliphatic rings. The van der Waals surface area contributed by atoms with E-state index in [1.54, 1.807) is 6.92 Å². The molecule has 0 spiro atoms. The Morgan fingerprint density at radius 3 is 2.95 bits per heavy atom. The number of rotatable bonds is 7. The zero-order valence-corrected chi connectivity index (χ0v) is 11.6. The summed E-state index contributed by atoms with van der Waals surface area (Å²) in [5, 5.41) is 6.83. The van der Waals surface area contributed by atoms with Gasteiger partial charge < -0.3 is 20.3 Å². The molecule has 0 radical (unpaired) electrons. The monoisotopic (exact) mass is 278 g/mol. The molecule has 2 rings (SSSR count). The summed E-state index contributed by atoms with van der Waals surface area (Å²) in [6.45, 7) is 4.95. The highest BCUT2D eigenvalue weighted by molar-refractivity contribution is 5.66. The fourth-order valence-electron chi connectivity index (χ4n) is 1.56. The minimum Gasteiger partial charge on any atom is -0.476 e.